The van der Waals surface area contributed by atoms with Gasteiger partial charge in [0.15, 0.2) is 11.6 Å². The second kappa shape index (κ2) is 6.20. The zero-order valence-electron chi connectivity index (χ0n) is 12.5. The molecule has 5 heteroatoms. The SMILES string of the molecule is Nc1ccc(OCCCCF)c2c1C(=O)c1ccccc1C2=O. The van der Waals surface area contributed by atoms with Crippen LogP contribution in [0.2, 0.25) is 0 Å². The van der Waals surface area contributed by atoms with E-state index in [0.29, 0.717) is 29.7 Å². The number of ether oxygens (including phenoxy) is 1. The minimum atomic E-state index is -0.409. The first-order valence-corrected chi connectivity index (χ1v) is 7.45. The molecule has 3 rings (SSSR count). The number of hydrogen-bond acceptors (Lipinski definition) is 4. The van der Waals surface area contributed by atoms with Gasteiger partial charge in [0.1, 0.15) is 5.75 Å². The summed E-state index contributed by atoms with van der Waals surface area (Å²) in [6, 6.07) is 9.80. The molecule has 0 saturated carbocycles. The molecule has 0 saturated heterocycles. The molecule has 1 aliphatic carbocycles. The van der Waals surface area contributed by atoms with Gasteiger partial charge < -0.3 is 10.5 Å². The summed E-state index contributed by atoms with van der Waals surface area (Å²) in [5.74, 6) is -0.231. The summed E-state index contributed by atoms with van der Waals surface area (Å²) in [5.41, 5.74) is 7.27. The van der Waals surface area contributed by atoms with Crippen LogP contribution in [0.1, 0.15) is 44.7 Å². The Bertz CT molecular complexity index is 786. The first-order chi connectivity index (χ1) is 11.1. The lowest BCUT2D eigenvalue weighted by atomic mass is 9.83. The van der Waals surface area contributed by atoms with E-state index in [1.807, 2.05) is 0 Å². The van der Waals surface area contributed by atoms with Crippen LogP contribution < -0.4 is 10.5 Å². The summed E-state index contributed by atoms with van der Waals surface area (Å²) in [5, 5.41) is 0. The van der Waals surface area contributed by atoms with Crippen LogP contribution in [-0.4, -0.2) is 24.8 Å². The summed E-state index contributed by atoms with van der Waals surface area (Å²) in [6.45, 7) is -0.128. The molecule has 23 heavy (non-hydrogen) atoms. The number of anilines is 1. The number of benzene rings is 2. The molecular weight excluding hydrogens is 297 g/mol. The number of halogens is 1. The lowest BCUT2D eigenvalue weighted by molar-refractivity contribution is 0.0976. The summed E-state index contributed by atoms with van der Waals surface area (Å²) < 4.78 is 17.8. The zero-order chi connectivity index (χ0) is 16.4. The van der Waals surface area contributed by atoms with Crippen LogP contribution in [0.15, 0.2) is 36.4 Å². The van der Waals surface area contributed by atoms with Gasteiger partial charge in [-0.05, 0) is 25.0 Å². The maximum absolute atomic E-state index is 12.8. The number of rotatable bonds is 5. The third-order valence-corrected chi connectivity index (χ3v) is 3.86. The van der Waals surface area contributed by atoms with Crippen molar-refractivity contribution in [2.45, 2.75) is 12.8 Å². The molecule has 2 aromatic carbocycles. The summed E-state index contributed by atoms with van der Waals surface area (Å²) in [4.78, 5) is 25.4. The van der Waals surface area contributed by atoms with Gasteiger partial charge in [-0.1, -0.05) is 24.3 Å². The number of hydrogen-bond donors (Lipinski definition) is 1. The molecule has 0 fully saturated rings. The average molecular weight is 313 g/mol. The highest BCUT2D eigenvalue weighted by atomic mass is 19.1. The van der Waals surface area contributed by atoms with E-state index in [0.717, 1.165) is 0 Å². The van der Waals surface area contributed by atoms with E-state index in [1.54, 1.807) is 36.4 Å². The molecular formula is C18H16FNO3. The number of fused-ring (bicyclic) bond motifs is 2. The topological polar surface area (TPSA) is 69.4 Å². The molecule has 0 atom stereocenters. The minimum absolute atomic E-state index is 0.191. The highest BCUT2D eigenvalue weighted by molar-refractivity contribution is 6.30. The second-order valence-electron chi connectivity index (χ2n) is 5.35. The Morgan fingerprint density at radius 1 is 0.913 bits per heavy atom. The molecule has 2 N–H and O–H groups in total. The van der Waals surface area contributed by atoms with Crippen LogP contribution in [0.3, 0.4) is 0 Å². The summed E-state index contributed by atoms with van der Waals surface area (Å²) >= 11 is 0. The predicted molar refractivity (Wildman–Crippen MR) is 84.9 cm³/mol. The number of carbonyl (C=O) groups excluding carboxylic acids is 2. The van der Waals surface area contributed by atoms with Crippen LogP contribution >= 0.6 is 0 Å². The van der Waals surface area contributed by atoms with Crippen LogP contribution in [0.25, 0.3) is 0 Å². The minimum Gasteiger partial charge on any atom is -0.493 e. The Balaban J connectivity index is 2.04. The lowest BCUT2D eigenvalue weighted by Crippen LogP contribution is -2.23. The maximum atomic E-state index is 12.8. The standard InChI is InChI=1S/C18H16FNO3/c19-9-3-4-10-23-14-8-7-13(20)15-16(14)18(22)12-6-2-1-5-11(12)17(15)21/h1-2,5-8H,3-4,9-10,20H2. The van der Waals surface area contributed by atoms with Crippen molar-refractivity contribution >= 4 is 17.3 Å². The van der Waals surface area contributed by atoms with Gasteiger partial charge in [-0.3, -0.25) is 14.0 Å². The van der Waals surface area contributed by atoms with Gasteiger partial charge in [-0.15, -0.1) is 0 Å². The van der Waals surface area contributed by atoms with Crippen LogP contribution in [0.4, 0.5) is 10.1 Å². The smallest absolute Gasteiger partial charge is 0.198 e. The van der Waals surface area contributed by atoms with Gasteiger partial charge in [0.05, 0.1) is 24.4 Å². The van der Waals surface area contributed by atoms with Crippen molar-refractivity contribution in [2.24, 2.45) is 0 Å². The molecule has 0 unspecified atom stereocenters. The van der Waals surface area contributed by atoms with Crippen molar-refractivity contribution < 1.29 is 18.7 Å². The normalized spacial score (nSPS) is 12.7. The molecule has 118 valence electrons. The lowest BCUT2D eigenvalue weighted by Gasteiger charge is -2.21. The molecule has 0 heterocycles. The Morgan fingerprint density at radius 2 is 1.57 bits per heavy atom. The molecule has 1 aliphatic rings. The van der Waals surface area contributed by atoms with E-state index in [2.05, 4.69) is 0 Å². The van der Waals surface area contributed by atoms with Gasteiger partial charge in [0.2, 0.25) is 0 Å². The molecule has 0 aliphatic heterocycles. The number of nitrogen functional groups attached to an aromatic ring is 1. The zero-order valence-corrected chi connectivity index (χ0v) is 12.5. The van der Waals surface area contributed by atoms with Crippen molar-refractivity contribution in [2.75, 3.05) is 19.0 Å². The van der Waals surface area contributed by atoms with E-state index in [9.17, 15) is 14.0 Å². The fourth-order valence-electron chi connectivity index (χ4n) is 2.72. The van der Waals surface area contributed by atoms with E-state index in [4.69, 9.17) is 10.5 Å². The average Bonchev–Trinajstić information content (AvgIpc) is 2.57. The molecule has 0 radical (unpaired) electrons. The number of unbranched alkanes of at least 4 members (excludes halogenated alkanes) is 1. The van der Waals surface area contributed by atoms with E-state index < -0.39 is 6.67 Å². The van der Waals surface area contributed by atoms with Gasteiger partial charge in [-0.2, -0.15) is 0 Å². The second-order valence-corrected chi connectivity index (χ2v) is 5.35. The highest BCUT2D eigenvalue weighted by Gasteiger charge is 2.33. The molecule has 0 amide bonds. The predicted octanol–water partition coefficient (Wildman–Crippen LogP) is 3.17. The maximum Gasteiger partial charge on any atom is 0.198 e. The monoisotopic (exact) mass is 313 g/mol. The molecule has 2 aromatic rings. The number of carbonyl (C=O) groups is 2. The van der Waals surface area contributed by atoms with Crippen molar-refractivity contribution in [1.82, 2.24) is 0 Å². The molecule has 4 nitrogen and oxygen atoms in total. The van der Waals surface area contributed by atoms with Gasteiger partial charge in [0.25, 0.3) is 0 Å². The number of alkyl halides is 1. The largest absolute Gasteiger partial charge is 0.493 e. The molecule has 0 aromatic heterocycles. The van der Waals surface area contributed by atoms with E-state index in [-0.39, 0.29) is 35.0 Å². The van der Waals surface area contributed by atoms with Crippen molar-refractivity contribution in [1.29, 1.82) is 0 Å². The number of nitrogens with two attached hydrogens (primary N) is 1. The van der Waals surface area contributed by atoms with Crippen molar-refractivity contribution in [3.05, 3.63) is 58.7 Å². The Kier molecular flexibility index (Phi) is 4.10. The summed E-state index contributed by atoms with van der Waals surface area (Å²) in [7, 11) is 0. The Hall–Kier alpha value is -2.69. The van der Waals surface area contributed by atoms with Crippen molar-refractivity contribution in [3.8, 4) is 5.75 Å². The van der Waals surface area contributed by atoms with Crippen LogP contribution in [0, 0.1) is 0 Å². The van der Waals surface area contributed by atoms with Gasteiger partial charge in [-0.25, -0.2) is 0 Å². The molecule has 0 bridgehead atoms. The summed E-state index contributed by atoms with van der Waals surface area (Å²) in [6.07, 6.45) is 0.932. The van der Waals surface area contributed by atoms with Crippen molar-refractivity contribution in [3.63, 3.8) is 0 Å². The fourth-order valence-corrected chi connectivity index (χ4v) is 2.72. The van der Waals surface area contributed by atoms with Crippen LogP contribution in [-0.2, 0) is 0 Å². The third kappa shape index (κ3) is 2.59. The quantitative estimate of drug-likeness (QED) is 0.580. The first kappa shape index (κ1) is 15.2. The highest BCUT2D eigenvalue weighted by Crippen LogP contribution is 2.36. The first-order valence-electron chi connectivity index (χ1n) is 7.45. The fraction of sp³-hybridized carbons (Fsp3) is 0.222. The Morgan fingerprint density at radius 3 is 2.22 bits per heavy atom. The third-order valence-electron chi connectivity index (χ3n) is 3.86. The molecule has 0 spiro atoms. The van der Waals surface area contributed by atoms with Crippen LogP contribution in [0.5, 0.6) is 5.75 Å². The van der Waals surface area contributed by atoms with E-state index >= 15 is 0 Å². The van der Waals surface area contributed by atoms with E-state index in [1.165, 1.54) is 0 Å². The van der Waals surface area contributed by atoms with Gasteiger partial charge in [0, 0.05) is 16.8 Å². The Labute approximate surface area is 133 Å². The van der Waals surface area contributed by atoms with Gasteiger partial charge >= 0.3 is 0 Å². The number of ketones is 2.